The fraction of sp³-hybridized carbons (Fsp3) is 0.484. The highest BCUT2D eigenvalue weighted by molar-refractivity contribution is 14.1. The first-order chi connectivity index (χ1) is 19.9. The molecule has 0 radical (unpaired) electrons. The number of halogens is 1. The first-order valence-electron chi connectivity index (χ1n) is 14.6. The van der Waals surface area contributed by atoms with E-state index in [0.717, 1.165) is 58.4 Å². The average Bonchev–Trinajstić information content (AvgIpc) is 3.27. The van der Waals surface area contributed by atoms with E-state index < -0.39 is 4.92 Å². The molecule has 0 spiro atoms. The van der Waals surface area contributed by atoms with Crippen LogP contribution in [0.25, 0.3) is 6.08 Å². The van der Waals surface area contributed by atoms with Crippen molar-refractivity contribution in [2.24, 2.45) is 4.99 Å². The Morgan fingerprint density at radius 2 is 1.73 bits per heavy atom. The minimum Gasteiger partial charge on any atom is -0.490 e. The van der Waals surface area contributed by atoms with Crippen molar-refractivity contribution >= 4 is 57.2 Å². The van der Waals surface area contributed by atoms with Crippen molar-refractivity contribution < 1.29 is 19.2 Å². The fourth-order valence-corrected chi connectivity index (χ4v) is 7.59. The Morgan fingerprint density at radius 3 is 2.39 bits per heavy atom. The summed E-state index contributed by atoms with van der Waals surface area (Å²) >= 11 is 3.74. The number of nitro benzene ring substituents is 1. The van der Waals surface area contributed by atoms with E-state index in [1.165, 1.54) is 49.6 Å². The van der Waals surface area contributed by atoms with E-state index in [2.05, 4.69) is 22.6 Å². The second-order valence-corrected chi connectivity index (χ2v) is 12.9. The predicted octanol–water partition coefficient (Wildman–Crippen LogP) is 8.11. The van der Waals surface area contributed by atoms with E-state index in [1.807, 2.05) is 30.0 Å². The van der Waals surface area contributed by atoms with Crippen LogP contribution in [-0.2, 0) is 11.4 Å². The third kappa shape index (κ3) is 7.43. The Morgan fingerprint density at radius 1 is 1.05 bits per heavy atom. The number of carbonyl (C=O) groups is 1. The van der Waals surface area contributed by atoms with E-state index >= 15 is 0 Å². The first kappa shape index (κ1) is 29.9. The van der Waals surface area contributed by atoms with Gasteiger partial charge in [-0.2, -0.15) is 0 Å². The van der Waals surface area contributed by atoms with Gasteiger partial charge in [0.15, 0.2) is 16.7 Å². The molecule has 2 aromatic rings. The van der Waals surface area contributed by atoms with Gasteiger partial charge in [0.2, 0.25) is 0 Å². The largest absolute Gasteiger partial charge is 0.490 e. The Bertz CT molecular complexity index is 1320. The van der Waals surface area contributed by atoms with Gasteiger partial charge in [0, 0.05) is 18.2 Å². The minimum absolute atomic E-state index is 0.0454. The zero-order valence-corrected chi connectivity index (χ0v) is 26.3. The molecular weight excluding hydrogens is 653 g/mol. The molecule has 1 saturated heterocycles. The number of nitrogens with zero attached hydrogens (tertiary/aromatic N) is 3. The monoisotopic (exact) mass is 689 g/mol. The lowest BCUT2D eigenvalue weighted by Crippen LogP contribution is -2.41. The summed E-state index contributed by atoms with van der Waals surface area (Å²) in [7, 11) is 0. The number of ether oxygens (including phenoxy) is 2. The van der Waals surface area contributed by atoms with Gasteiger partial charge in [-0.15, -0.1) is 0 Å². The number of thioether (sulfide) groups is 1. The number of carbonyl (C=O) groups excluding carboxylic acids is 1. The molecule has 3 aliphatic rings. The van der Waals surface area contributed by atoms with Gasteiger partial charge in [-0.3, -0.25) is 24.8 Å². The summed E-state index contributed by atoms with van der Waals surface area (Å²) in [6.45, 7) is 2.63. The molecule has 0 bridgehead atoms. The highest BCUT2D eigenvalue weighted by Gasteiger charge is 2.39. The number of amidine groups is 1. The number of hydrogen-bond acceptors (Lipinski definition) is 7. The topological polar surface area (TPSA) is 94.3 Å². The molecule has 2 aliphatic carbocycles. The van der Waals surface area contributed by atoms with Gasteiger partial charge in [0.05, 0.1) is 26.0 Å². The molecule has 41 heavy (non-hydrogen) atoms. The average molecular weight is 690 g/mol. The van der Waals surface area contributed by atoms with Crippen molar-refractivity contribution in [2.75, 3.05) is 6.61 Å². The van der Waals surface area contributed by atoms with Crippen LogP contribution in [0.3, 0.4) is 0 Å². The van der Waals surface area contributed by atoms with Crippen LogP contribution in [0.2, 0.25) is 0 Å². The third-order valence-corrected chi connectivity index (χ3v) is 9.60. The van der Waals surface area contributed by atoms with Crippen molar-refractivity contribution in [3.63, 3.8) is 0 Å². The van der Waals surface area contributed by atoms with E-state index in [9.17, 15) is 14.9 Å². The molecule has 2 aromatic carbocycles. The predicted molar refractivity (Wildman–Crippen MR) is 171 cm³/mol. The van der Waals surface area contributed by atoms with Gasteiger partial charge < -0.3 is 9.47 Å². The lowest BCUT2D eigenvalue weighted by molar-refractivity contribution is -0.384. The Balaban J connectivity index is 1.39. The van der Waals surface area contributed by atoms with Crippen LogP contribution in [-0.4, -0.2) is 39.6 Å². The molecule has 0 unspecified atom stereocenters. The quantitative estimate of drug-likeness (QED) is 0.114. The molecule has 5 rings (SSSR count). The molecule has 1 heterocycles. The molecular formula is C31H36IN3O5S. The molecule has 1 aliphatic heterocycles. The van der Waals surface area contributed by atoms with Crippen LogP contribution in [0.15, 0.2) is 46.3 Å². The van der Waals surface area contributed by atoms with Crippen molar-refractivity contribution in [1.29, 1.82) is 0 Å². The molecule has 0 atom stereocenters. The smallest absolute Gasteiger partial charge is 0.269 e. The van der Waals surface area contributed by atoms with Gasteiger partial charge in [-0.05, 0) is 108 Å². The molecule has 218 valence electrons. The van der Waals surface area contributed by atoms with Gasteiger partial charge in [0.25, 0.3) is 11.6 Å². The Labute approximate surface area is 259 Å². The zero-order chi connectivity index (χ0) is 28.8. The summed E-state index contributed by atoms with van der Waals surface area (Å²) in [4.78, 5) is 32.2. The number of hydrogen-bond donors (Lipinski definition) is 0. The van der Waals surface area contributed by atoms with Crippen molar-refractivity contribution in [3.8, 4) is 11.5 Å². The summed E-state index contributed by atoms with van der Waals surface area (Å²) in [6.07, 6.45) is 13.5. The van der Waals surface area contributed by atoms with Crippen molar-refractivity contribution in [2.45, 2.75) is 89.8 Å². The van der Waals surface area contributed by atoms with Crippen LogP contribution in [0.5, 0.6) is 11.5 Å². The number of benzene rings is 2. The number of rotatable bonds is 9. The maximum absolute atomic E-state index is 13.8. The molecule has 0 aromatic heterocycles. The van der Waals surface area contributed by atoms with Gasteiger partial charge in [-0.25, -0.2) is 0 Å². The highest BCUT2D eigenvalue weighted by Crippen LogP contribution is 2.40. The SMILES string of the molecule is CCOc1cc(C=C2SC(=NC3CCCCC3)N(C3CCCCC3)C2=O)cc(I)c1OCc1ccc([N+](=O)[O-])cc1. The summed E-state index contributed by atoms with van der Waals surface area (Å²) in [5, 5.41) is 11.8. The summed E-state index contributed by atoms with van der Waals surface area (Å²) in [5.74, 6) is 1.27. The van der Waals surface area contributed by atoms with Crippen LogP contribution >= 0.6 is 34.4 Å². The maximum Gasteiger partial charge on any atom is 0.269 e. The van der Waals surface area contributed by atoms with Gasteiger partial charge in [0.1, 0.15) is 6.61 Å². The normalized spacial score (nSPS) is 20.6. The minimum atomic E-state index is -0.416. The van der Waals surface area contributed by atoms with Crippen molar-refractivity contribution in [3.05, 3.63) is 66.1 Å². The van der Waals surface area contributed by atoms with E-state index in [4.69, 9.17) is 14.5 Å². The number of amides is 1. The standard InChI is InChI=1S/C31H36IN3O5S/c1-2-39-27-18-22(17-26(32)29(27)40-20-21-13-15-25(16-14-21)35(37)38)19-28-30(36)34(24-11-7-4-8-12-24)31(41-28)33-23-9-5-3-6-10-23/h13-19,23-24H,2-12,20H2,1H3. The van der Waals surface area contributed by atoms with Gasteiger partial charge in [-0.1, -0.05) is 38.5 Å². The number of non-ortho nitro benzene ring substituents is 1. The fourth-order valence-electron chi connectivity index (χ4n) is 5.70. The zero-order valence-electron chi connectivity index (χ0n) is 23.4. The summed E-state index contributed by atoms with van der Waals surface area (Å²) in [5.41, 5.74) is 1.74. The highest BCUT2D eigenvalue weighted by atomic mass is 127. The molecule has 2 saturated carbocycles. The number of aliphatic imine (C=N–C) groups is 1. The van der Waals surface area contributed by atoms with E-state index in [1.54, 1.807) is 12.1 Å². The summed E-state index contributed by atoms with van der Waals surface area (Å²) < 4.78 is 12.9. The molecule has 3 fully saturated rings. The molecule has 8 nitrogen and oxygen atoms in total. The second-order valence-electron chi connectivity index (χ2n) is 10.8. The lowest BCUT2D eigenvalue weighted by Gasteiger charge is -2.31. The number of nitro groups is 1. The molecule has 10 heteroatoms. The third-order valence-electron chi connectivity index (χ3n) is 7.80. The lowest BCUT2D eigenvalue weighted by atomic mass is 9.94. The van der Waals surface area contributed by atoms with E-state index in [-0.39, 0.29) is 24.2 Å². The molecule has 1 amide bonds. The van der Waals surface area contributed by atoms with Crippen LogP contribution in [0.1, 0.15) is 82.3 Å². The first-order valence-corrected chi connectivity index (χ1v) is 16.5. The Kier molecular flexibility index (Phi) is 10.2. The molecule has 0 N–H and O–H groups in total. The van der Waals surface area contributed by atoms with Crippen LogP contribution < -0.4 is 9.47 Å². The van der Waals surface area contributed by atoms with Gasteiger partial charge >= 0.3 is 0 Å². The maximum atomic E-state index is 13.8. The van der Waals surface area contributed by atoms with Crippen LogP contribution in [0, 0.1) is 13.7 Å². The van der Waals surface area contributed by atoms with E-state index in [0.29, 0.717) is 29.1 Å². The Hall–Kier alpha value is -2.60. The van der Waals surface area contributed by atoms with Crippen molar-refractivity contribution in [1.82, 2.24) is 4.90 Å². The second kappa shape index (κ2) is 14.0. The summed E-state index contributed by atoms with van der Waals surface area (Å²) in [6, 6.07) is 10.8. The van der Waals surface area contributed by atoms with Crippen LogP contribution in [0.4, 0.5) is 5.69 Å².